The van der Waals surface area contributed by atoms with E-state index in [0.717, 1.165) is 36.2 Å². The molecule has 100 valence electrons. The molecule has 1 aliphatic heterocycles. The van der Waals surface area contributed by atoms with E-state index in [2.05, 4.69) is 17.1 Å². The van der Waals surface area contributed by atoms with Gasteiger partial charge in [0, 0.05) is 30.4 Å². The number of rotatable bonds is 2. The van der Waals surface area contributed by atoms with Crippen LogP contribution in [0.15, 0.2) is 30.4 Å². The second-order valence-electron chi connectivity index (χ2n) is 5.60. The summed E-state index contributed by atoms with van der Waals surface area (Å²) in [4.78, 5) is 12.9. The third-order valence-electron chi connectivity index (χ3n) is 4.36. The van der Waals surface area contributed by atoms with Gasteiger partial charge in [-0.3, -0.25) is 10.1 Å². The van der Waals surface area contributed by atoms with E-state index in [1.807, 2.05) is 19.1 Å². The number of benzene rings is 1. The molecule has 3 rings (SSSR count). The number of anilines is 1. The molecule has 1 aromatic carbocycles. The van der Waals surface area contributed by atoms with Crippen LogP contribution in [0.2, 0.25) is 0 Å². The Hall–Kier alpha value is -1.84. The molecule has 1 fully saturated rings. The Labute approximate surface area is 112 Å². The second-order valence-corrected chi connectivity index (χ2v) is 5.60. The van der Waals surface area contributed by atoms with E-state index in [9.17, 15) is 10.1 Å². The lowest BCUT2D eigenvalue weighted by Crippen LogP contribution is -2.19. The molecule has 0 amide bonds. The highest BCUT2D eigenvalue weighted by atomic mass is 16.6. The summed E-state index contributed by atoms with van der Waals surface area (Å²) < 4.78 is 0. The normalized spacial score (nSPS) is 25.4. The van der Waals surface area contributed by atoms with E-state index in [-0.39, 0.29) is 10.6 Å². The van der Waals surface area contributed by atoms with Crippen molar-refractivity contribution in [2.45, 2.75) is 19.8 Å². The summed E-state index contributed by atoms with van der Waals surface area (Å²) in [7, 11) is 0. The van der Waals surface area contributed by atoms with Crippen LogP contribution in [-0.2, 0) is 0 Å². The molecule has 0 saturated carbocycles. The number of hydrogen-bond donors (Lipinski definition) is 0. The Morgan fingerprint density at radius 1 is 1.21 bits per heavy atom. The second kappa shape index (κ2) is 4.68. The van der Waals surface area contributed by atoms with Gasteiger partial charge in [-0.2, -0.15) is 0 Å². The first-order chi connectivity index (χ1) is 9.15. The summed E-state index contributed by atoms with van der Waals surface area (Å²) in [5, 5.41) is 10.8. The lowest BCUT2D eigenvalue weighted by molar-refractivity contribution is -0.385. The average molecular weight is 258 g/mol. The minimum Gasteiger partial charge on any atom is -0.371 e. The third kappa shape index (κ3) is 2.23. The van der Waals surface area contributed by atoms with Gasteiger partial charge in [0.2, 0.25) is 0 Å². The molecular formula is C15H18N2O2. The first kappa shape index (κ1) is 12.2. The van der Waals surface area contributed by atoms with Crippen molar-refractivity contribution in [2.75, 3.05) is 18.0 Å². The zero-order chi connectivity index (χ0) is 13.4. The molecule has 0 radical (unpaired) electrons. The number of fused-ring (bicyclic) bond motifs is 1. The maximum atomic E-state index is 10.8. The lowest BCUT2D eigenvalue weighted by Gasteiger charge is -2.19. The van der Waals surface area contributed by atoms with Crippen LogP contribution in [0.5, 0.6) is 0 Å². The van der Waals surface area contributed by atoms with Crippen LogP contribution in [0, 0.1) is 28.9 Å². The van der Waals surface area contributed by atoms with Crippen molar-refractivity contribution >= 4 is 11.4 Å². The molecule has 4 heteroatoms. The van der Waals surface area contributed by atoms with Gasteiger partial charge in [0.15, 0.2) is 0 Å². The monoisotopic (exact) mass is 258 g/mol. The SMILES string of the molecule is Cc1cc(N2CC3CC=CCC3C2)ccc1[N+](=O)[O-]. The van der Waals surface area contributed by atoms with E-state index < -0.39 is 0 Å². The Morgan fingerprint density at radius 3 is 2.37 bits per heavy atom. The maximum Gasteiger partial charge on any atom is 0.272 e. The topological polar surface area (TPSA) is 46.4 Å². The van der Waals surface area contributed by atoms with Crippen LogP contribution in [0.25, 0.3) is 0 Å². The number of nitro benzene ring substituents is 1. The van der Waals surface area contributed by atoms with Crippen LogP contribution in [-0.4, -0.2) is 18.0 Å². The van der Waals surface area contributed by atoms with Crippen LogP contribution >= 0.6 is 0 Å². The lowest BCUT2D eigenvalue weighted by atomic mass is 9.86. The highest BCUT2D eigenvalue weighted by molar-refractivity contribution is 5.56. The standard InChI is InChI=1S/C15H18N2O2/c1-11-8-14(6-7-15(11)17(18)19)16-9-12-4-2-3-5-13(12)10-16/h2-3,6-8,12-13H,4-5,9-10H2,1H3. The summed E-state index contributed by atoms with van der Waals surface area (Å²) in [6.07, 6.45) is 6.91. The number of nitro groups is 1. The molecule has 19 heavy (non-hydrogen) atoms. The summed E-state index contributed by atoms with van der Waals surface area (Å²) in [6, 6.07) is 5.46. The Bertz CT molecular complexity index is 523. The highest BCUT2D eigenvalue weighted by Crippen LogP contribution is 2.36. The average Bonchev–Trinajstić information content (AvgIpc) is 2.81. The molecule has 0 spiro atoms. The van der Waals surface area contributed by atoms with Gasteiger partial charge < -0.3 is 4.90 Å². The molecule has 2 atom stereocenters. The number of aryl methyl sites for hydroxylation is 1. The molecule has 1 heterocycles. The van der Waals surface area contributed by atoms with Gasteiger partial charge in [0.25, 0.3) is 5.69 Å². The largest absolute Gasteiger partial charge is 0.371 e. The van der Waals surface area contributed by atoms with Gasteiger partial charge in [-0.05, 0) is 43.7 Å². The van der Waals surface area contributed by atoms with Crippen molar-refractivity contribution in [2.24, 2.45) is 11.8 Å². The van der Waals surface area contributed by atoms with E-state index >= 15 is 0 Å². The van der Waals surface area contributed by atoms with Crippen molar-refractivity contribution in [1.82, 2.24) is 0 Å². The fourth-order valence-corrected chi connectivity index (χ4v) is 3.27. The fourth-order valence-electron chi connectivity index (χ4n) is 3.27. The minimum absolute atomic E-state index is 0.210. The van der Waals surface area contributed by atoms with Gasteiger partial charge in [-0.15, -0.1) is 0 Å². The van der Waals surface area contributed by atoms with Crippen molar-refractivity contribution in [3.05, 3.63) is 46.0 Å². The molecular weight excluding hydrogens is 240 g/mol. The van der Waals surface area contributed by atoms with Crippen LogP contribution in [0.3, 0.4) is 0 Å². The molecule has 0 N–H and O–H groups in total. The van der Waals surface area contributed by atoms with Crippen LogP contribution in [0.4, 0.5) is 11.4 Å². The Balaban J connectivity index is 1.80. The third-order valence-corrected chi connectivity index (χ3v) is 4.36. The van der Waals surface area contributed by atoms with E-state index in [0.29, 0.717) is 0 Å². The molecule has 1 aromatic rings. The molecule has 0 bridgehead atoms. The zero-order valence-electron chi connectivity index (χ0n) is 11.1. The van der Waals surface area contributed by atoms with Gasteiger partial charge in [-0.25, -0.2) is 0 Å². The van der Waals surface area contributed by atoms with Gasteiger partial charge in [0.1, 0.15) is 0 Å². The van der Waals surface area contributed by atoms with E-state index in [1.54, 1.807) is 6.07 Å². The Morgan fingerprint density at radius 2 is 1.84 bits per heavy atom. The molecule has 2 unspecified atom stereocenters. The van der Waals surface area contributed by atoms with Crippen molar-refractivity contribution in [3.63, 3.8) is 0 Å². The smallest absolute Gasteiger partial charge is 0.272 e. The zero-order valence-corrected chi connectivity index (χ0v) is 11.1. The number of allylic oxidation sites excluding steroid dienone is 2. The fraction of sp³-hybridized carbons (Fsp3) is 0.467. The minimum atomic E-state index is -0.313. The molecule has 2 aliphatic rings. The first-order valence-corrected chi connectivity index (χ1v) is 6.80. The number of hydrogen-bond acceptors (Lipinski definition) is 3. The first-order valence-electron chi connectivity index (χ1n) is 6.80. The summed E-state index contributed by atoms with van der Waals surface area (Å²) >= 11 is 0. The molecule has 4 nitrogen and oxygen atoms in total. The Kier molecular flexibility index (Phi) is 3.01. The van der Waals surface area contributed by atoms with Crippen LogP contribution in [0.1, 0.15) is 18.4 Å². The maximum absolute atomic E-state index is 10.8. The van der Waals surface area contributed by atoms with E-state index in [1.165, 1.54) is 12.8 Å². The van der Waals surface area contributed by atoms with Crippen molar-refractivity contribution < 1.29 is 4.92 Å². The molecule has 1 saturated heterocycles. The summed E-state index contributed by atoms with van der Waals surface area (Å²) in [5.41, 5.74) is 2.08. The number of nitrogens with zero attached hydrogens (tertiary/aromatic N) is 2. The summed E-state index contributed by atoms with van der Waals surface area (Å²) in [5.74, 6) is 1.50. The predicted octanol–water partition coefficient (Wildman–Crippen LogP) is 3.31. The highest BCUT2D eigenvalue weighted by Gasteiger charge is 2.33. The van der Waals surface area contributed by atoms with Crippen molar-refractivity contribution in [3.8, 4) is 0 Å². The predicted molar refractivity (Wildman–Crippen MR) is 75.4 cm³/mol. The van der Waals surface area contributed by atoms with E-state index in [4.69, 9.17) is 0 Å². The van der Waals surface area contributed by atoms with Crippen molar-refractivity contribution in [1.29, 1.82) is 0 Å². The van der Waals surface area contributed by atoms with Gasteiger partial charge in [-0.1, -0.05) is 12.2 Å². The molecule has 1 aliphatic carbocycles. The summed E-state index contributed by atoms with van der Waals surface area (Å²) in [6.45, 7) is 3.96. The molecule has 0 aromatic heterocycles. The van der Waals surface area contributed by atoms with Gasteiger partial charge >= 0.3 is 0 Å². The van der Waals surface area contributed by atoms with Crippen LogP contribution < -0.4 is 4.90 Å². The van der Waals surface area contributed by atoms with Gasteiger partial charge in [0.05, 0.1) is 4.92 Å². The quantitative estimate of drug-likeness (QED) is 0.464.